The van der Waals surface area contributed by atoms with Crippen LogP contribution in [-0.4, -0.2) is 51.3 Å². The SMILES string of the molecule is CCOc1cc([C@H]2C3=CC[C@@H]4C(=O)N(C(N)=O)C(=O)[C@@H]4[C@@H]3C[C@H]3C(=O)N(Nc4ccc(F)cc4)C(=O)[C@@]23c2ccc(Cl)cc2)ccc1O. The summed E-state index contributed by atoms with van der Waals surface area (Å²) in [5, 5.41) is 12.0. The van der Waals surface area contributed by atoms with Crippen molar-refractivity contribution in [2.75, 3.05) is 12.0 Å². The van der Waals surface area contributed by atoms with Crippen molar-refractivity contribution >= 4 is 46.9 Å². The van der Waals surface area contributed by atoms with Crippen molar-refractivity contribution < 1.29 is 38.2 Å². The summed E-state index contributed by atoms with van der Waals surface area (Å²) in [7, 11) is 0. The van der Waals surface area contributed by atoms with Crippen LogP contribution in [0.4, 0.5) is 14.9 Å². The zero-order valence-corrected chi connectivity index (χ0v) is 26.3. The number of phenolic OH excluding ortho intramolecular Hbond substituents is 1. The molecular formula is C35H30ClFN4O7. The van der Waals surface area contributed by atoms with Crippen LogP contribution in [0.3, 0.4) is 0 Å². The highest BCUT2D eigenvalue weighted by atomic mass is 35.5. The maximum absolute atomic E-state index is 15.1. The van der Waals surface area contributed by atoms with Gasteiger partial charge in [0.15, 0.2) is 11.5 Å². The maximum Gasteiger partial charge on any atom is 0.328 e. The number of hydrazine groups is 1. The minimum atomic E-state index is -1.61. The Bertz CT molecular complexity index is 1920. The molecule has 0 unspecified atom stereocenters. The number of nitrogens with zero attached hydrogens (tertiary/aromatic N) is 2. The van der Waals surface area contributed by atoms with Gasteiger partial charge >= 0.3 is 6.03 Å². The minimum Gasteiger partial charge on any atom is -0.504 e. The molecule has 11 nitrogen and oxygen atoms in total. The summed E-state index contributed by atoms with van der Waals surface area (Å²) in [5.74, 6) is -7.73. The number of rotatable bonds is 6. The van der Waals surface area contributed by atoms with E-state index in [0.717, 1.165) is 5.01 Å². The topological polar surface area (TPSA) is 159 Å². The lowest BCUT2D eigenvalue weighted by Crippen LogP contribution is -2.53. The summed E-state index contributed by atoms with van der Waals surface area (Å²) in [6, 6.07) is 15.3. The standard InChI is InChI=1S/C35H30ClFN4O7/c1-2-48-27-15-17(3-14-26(27)42)29-22-12-13-23-28(32(45)40(30(23)43)34(38)47)24(22)16-25-31(44)41(39-21-10-8-20(37)9-11-21)33(46)35(25,29)18-4-6-19(36)7-5-18/h3-12,14-15,23-25,28-29,39,42H,2,13,16H2,1H3,(H2,38,47)/t23-,24+,25-,28-,29-,35+/m0/s1. The van der Waals surface area contributed by atoms with Crippen LogP contribution in [0.2, 0.25) is 5.02 Å². The molecule has 3 aromatic rings. The summed E-state index contributed by atoms with van der Waals surface area (Å²) < 4.78 is 19.5. The molecule has 6 amide bonds. The van der Waals surface area contributed by atoms with Crippen molar-refractivity contribution in [3.63, 3.8) is 0 Å². The number of urea groups is 1. The highest BCUT2D eigenvalue weighted by Crippen LogP contribution is 2.64. The normalized spacial score (nSPS) is 27.7. The number of phenols is 1. The number of hydrogen-bond donors (Lipinski definition) is 3. The van der Waals surface area contributed by atoms with Gasteiger partial charge in [-0.15, -0.1) is 0 Å². The van der Waals surface area contributed by atoms with Gasteiger partial charge < -0.3 is 15.6 Å². The zero-order chi connectivity index (χ0) is 34.1. The van der Waals surface area contributed by atoms with Gasteiger partial charge in [0, 0.05) is 10.9 Å². The number of primary amides is 1. The van der Waals surface area contributed by atoms with E-state index in [-0.39, 0.29) is 36.6 Å². The van der Waals surface area contributed by atoms with Crippen molar-refractivity contribution in [3.05, 3.63) is 100 Å². The Labute approximate surface area is 279 Å². The van der Waals surface area contributed by atoms with E-state index in [4.69, 9.17) is 22.1 Å². The predicted octanol–water partition coefficient (Wildman–Crippen LogP) is 4.65. The molecular weight excluding hydrogens is 643 g/mol. The Hall–Kier alpha value is -5.23. The molecule has 3 fully saturated rings. The third-order valence-corrected chi connectivity index (χ3v) is 10.3. The molecule has 1 saturated carbocycles. The van der Waals surface area contributed by atoms with Crippen LogP contribution < -0.4 is 15.9 Å². The van der Waals surface area contributed by atoms with Gasteiger partial charge in [-0.2, -0.15) is 9.91 Å². The smallest absolute Gasteiger partial charge is 0.328 e. The first-order chi connectivity index (χ1) is 23.0. The molecule has 2 aliphatic carbocycles. The van der Waals surface area contributed by atoms with Gasteiger partial charge in [-0.3, -0.25) is 24.6 Å². The largest absolute Gasteiger partial charge is 0.504 e. The van der Waals surface area contributed by atoms with Gasteiger partial charge in [-0.05, 0) is 85.3 Å². The first kappa shape index (κ1) is 31.4. The van der Waals surface area contributed by atoms with Gasteiger partial charge in [0.05, 0.1) is 35.5 Å². The minimum absolute atomic E-state index is 0.0136. The van der Waals surface area contributed by atoms with E-state index in [2.05, 4.69) is 5.43 Å². The molecule has 0 spiro atoms. The number of nitrogens with two attached hydrogens (primary N) is 1. The number of halogens is 2. The van der Waals surface area contributed by atoms with Crippen molar-refractivity contribution in [2.24, 2.45) is 29.4 Å². The van der Waals surface area contributed by atoms with Crippen molar-refractivity contribution in [3.8, 4) is 11.5 Å². The molecule has 246 valence electrons. The average molecular weight is 673 g/mol. The number of fused-ring (bicyclic) bond motifs is 4. The second kappa shape index (κ2) is 11.5. The second-order valence-electron chi connectivity index (χ2n) is 12.4. The number of hydrogen-bond acceptors (Lipinski definition) is 8. The Kier molecular flexibility index (Phi) is 7.50. The molecule has 7 rings (SSSR count). The molecule has 6 atom stereocenters. The van der Waals surface area contributed by atoms with Crippen LogP contribution in [0.5, 0.6) is 11.5 Å². The van der Waals surface area contributed by atoms with E-state index in [1.807, 2.05) is 6.08 Å². The number of amides is 6. The first-order valence-corrected chi connectivity index (χ1v) is 15.9. The van der Waals surface area contributed by atoms with Gasteiger partial charge in [0.1, 0.15) is 5.82 Å². The quantitative estimate of drug-likeness (QED) is 0.252. The van der Waals surface area contributed by atoms with E-state index < -0.39 is 70.5 Å². The maximum atomic E-state index is 15.1. The second-order valence-corrected chi connectivity index (χ2v) is 12.8. The number of imide groups is 4. The van der Waals surface area contributed by atoms with Crippen LogP contribution in [0.15, 0.2) is 78.4 Å². The molecule has 4 N–H and O–H groups in total. The molecule has 0 aromatic heterocycles. The predicted molar refractivity (Wildman–Crippen MR) is 170 cm³/mol. The number of carbonyl (C=O) groups is 5. The third kappa shape index (κ3) is 4.50. The Morgan fingerprint density at radius 2 is 1.73 bits per heavy atom. The number of nitrogens with one attached hydrogen (secondary N) is 1. The lowest BCUT2D eigenvalue weighted by molar-refractivity contribution is -0.139. The van der Waals surface area contributed by atoms with Crippen LogP contribution in [0.25, 0.3) is 0 Å². The van der Waals surface area contributed by atoms with Gasteiger partial charge in [-0.1, -0.05) is 41.4 Å². The Morgan fingerprint density at radius 3 is 2.40 bits per heavy atom. The number of anilines is 1. The summed E-state index contributed by atoms with van der Waals surface area (Å²) in [4.78, 5) is 69.4. The molecule has 0 radical (unpaired) electrons. The monoisotopic (exact) mass is 672 g/mol. The molecule has 48 heavy (non-hydrogen) atoms. The van der Waals surface area contributed by atoms with Crippen molar-refractivity contribution in [1.29, 1.82) is 0 Å². The fourth-order valence-corrected chi connectivity index (χ4v) is 8.35. The third-order valence-electron chi connectivity index (χ3n) is 10.1. The van der Waals surface area contributed by atoms with Gasteiger partial charge in [-0.25, -0.2) is 9.18 Å². The van der Waals surface area contributed by atoms with Gasteiger partial charge in [0.25, 0.3) is 11.8 Å². The fraction of sp³-hybridized carbons (Fsp3) is 0.286. The lowest BCUT2D eigenvalue weighted by Gasteiger charge is -2.50. The molecule has 2 heterocycles. The summed E-state index contributed by atoms with van der Waals surface area (Å²) in [5.41, 5.74) is 8.63. The van der Waals surface area contributed by atoms with E-state index in [1.165, 1.54) is 30.3 Å². The number of benzene rings is 3. The van der Waals surface area contributed by atoms with E-state index in [9.17, 15) is 28.7 Å². The molecule has 0 bridgehead atoms. The number of carbonyl (C=O) groups excluding carboxylic acids is 5. The van der Waals surface area contributed by atoms with Crippen LogP contribution in [-0.2, 0) is 24.6 Å². The highest BCUT2D eigenvalue weighted by Gasteiger charge is 2.70. The fourth-order valence-electron chi connectivity index (χ4n) is 8.23. The molecule has 13 heteroatoms. The summed E-state index contributed by atoms with van der Waals surface area (Å²) in [6.45, 7) is 1.98. The van der Waals surface area contributed by atoms with Crippen LogP contribution >= 0.6 is 11.6 Å². The Balaban J connectivity index is 1.47. The summed E-state index contributed by atoms with van der Waals surface area (Å²) >= 11 is 6.30. The molecule has 3 aromatic carbocycles. The first-order valence-electron chi connectivity index (χ1n) is 15.5. The zero-order valence-electron chi connectivity index (χ0n) is 25.6. The van der Waals surface area contributed by atoms with Crippen molar-refractivity contribution in [1.82, 2.24) is 9.91 Å². The number of ether oxygens (including phenoxy) is 1. The average Bonchev–Trinajstić information content (AvgIpc) is 3.44. The molecule has 2 saturated heterocycles. The highest BCUT2D eigenvalue weighted by molar-refractivity contribution is 6.30. The van der Waals surface area contributed by atoms with E-state index >= 15 is 4.79 Å². The Morgan fingerprint density at radius 1 is 1.02 bits per heavy atom. The van der Waals surface area contributed by atoms with Gasteiger partial charge in [0.2, 0.25) is 11.8 Å². The summed E-state index contributed by atoms with van der Waals surface area (Å²) in [6.07, 6.45) is 1.90. The van der Waals surface area contributed by atoms with Crippen molar-refractivity contribution in [2.45, 2.75) is 31.1 Å². The number of likely N-dealkylation sites (tertiary alicyclic amines) is 1. The number of allylic oxidation sites excluding steroid dienone is 2. The lowest BCUT2D eigenvalue weighted by atomic mass is 9.49. The molecule has 4 aliphatic rings. The number of aromatic hydroxyl groups is 1. The molecule has 2 aliphatic heterocycles. The van der Waals surface area contributed by atoms with E-state index in [0.29, 0.717) is 26.6 Å². The van der Waals surface area contributed by atoms with E-state index in [1.54, 1.807) is 43.3 Å². The van der Waals surface area contributed by atoms with Crippen LogP contribution in [0, 0.1) is 29.5 Å². The van der Waals surface area contributed by atoms with Crippen LogP contribution in [0.1, 0.15) is 36.8 Å².